The topological polar surface area (TPSA) is 105 Å². The summed E-state index contributed by atoms with van der Waals surface area (Å²) in [5.74, 6) is -0.945. The van der Waals surface area contributed by atoms with Crippen molar-refractivity contribution in [2.45, 2.75) is 38.6 Å². The van der Waals surface area contributed by atoms with Crippen molar-refractivity contribution in [1.82, 2.24) is 10.6 Å². The van der Waals surface area contributed by atoms with Crippen molar-refractivity contribution in [3.05, 3.63) is 29.8 Å². The van der Waals surface area contributed by atoms with Crippen LogP contribution in [0.3, 0.4) is 0 Å². The van der Waals surface area contributed by atoms with Gasteiger partial charge in [-0.25, -0.2) is 0 Å². The fourth-order valence-electron chi connectivity index (χ4n) is 2.72. The molecular weight excluding hydrogens is 324 g/mol. The van der Waals surface area contributed by atoms with Crippen LogP contribution in [0.5, 0.6) is 5.75 Å². The molecule has 2 amide bonds. The second-order valence-electron chi connectivity index (χ2n) is 6.06. The molecule has 7 nitrogen and oxygen atoms in total. The Morgan fingerprint density at radius 1 is 1.24 bits per heavy atom. The minimum absolute atomic E-state index is 0.0405. The van der Waals surface area contributed by atoms with Crippen LogP contribution in [0.15, 0.2) is 24.3 Å². The quantitative estimate of drug-likeness (QED) is 0.588. The molecule has 0 aliphatic heterocycles. The van der Waals surface area contributed by atoms with Crippen molar-refractivity contribution in [1.29, 1.82) is 0 Å². The van der Waals surface area contributed by atoms with E-state index in [0.717, 1.165) is 0 Å². The van der Waals surface area contributed by atoms with E-state index in [9.17, 15) is 14.4 Å². The monoisotopic (exact) mass is 348 g/mol. The van der Waals surface area contributed by atoms with Gasteiger partial charge in [0.1, 0.15) is 5.75 Å². The maximum atomic E-state index is 12.2. The van der Waals surface area contributed by atoms with Crippen LogP contribution in [0.1, 0.15) is 43.0 Å². The zero-order chi connectivity index (χ0) is 18.2. The van der Waals surface area contributed by atoms with Gasteiger partial charge < -0.3 is 20.5 Å². The zero-order valence-corrected chi connectivity index (χ0v) is 14.3. The molecule has 2 rings (SSSR count). The molecule has 25 heavy (non-hydrogen) atoms. The number of hydrogen-bond donors (Lipinski definition) is 3. The van der Waals surface area contributed by atoms with Crippen LogP contribution in [0, 0.1) is 5.92 Å². The van der Waals surface area contributed by atoms with E-state index in [-0.39, 0.29) is 23.8 Å². The van der Waals surface area contributed by atoms with Gasteiger partial charge in [0, 0.05) is 19.0 Å². The molecular formula is C18H24N2O5. The van der Waals surface area contributed by atoms with Gasteiger partial charge in [-0.3, -0.25) is 14.4 Å². The molecule has 1 saturated carbocycles. The predicted molar refractivity (Wildman–Crippen MR) is 91.5 cm³/mol. The summed E-state index contributed by atoms with van der Waals surface area (Å²) in [5.41, 5.74) is 0.475. The van der Waals surface area contributed by atoms with Crippen LogP contribution in [0.2, 0.25) is 0 Å². The van der Waals surface area contributed by atoms with Crippen LogP contribution in [0.25, 0.3) is 0 Å². The molecule has 0 atom stereocenters. The lowest BCUT2D eigenvalue weighted by Crippen LogP contribution is -2.46. The van der Waals surface area contributed by atoms with Gasteiger partial charge in [-0.2, -0.15) is 0 Å². The number of benzene rings is 1. The summed E-state index contributed by atoms with van der Waals surface area (Å²) in [7, 11) is 0. The number of para-hydroxylation sites is 1. The average molecular weight is 348 g/mol. The highest BCUT2D eigenvalue weighted by atomic mass is 16.5. The van der Waals surface area contributed by atoms with Gasteiger partial charge in [-0.15, -0.1) is 0 Å². The van der Waals surface area contributed by atoms with Gasteiger partial charge in [0.2, 0.25) is 5.91 Å². The third kappa shape index (κ3) is 5.48. The molecule has 1 aromatic rings. The van der Waals surface area contributed by atoms with Gasteiger partial charge in [0.05, 0.1) is 18.1 Å². The van der Waals surface area contributed by atoms with E-state index in [1.54, 1.807) is 18.2 Å². The summed E-state index contributed by atoms with van der Waals surface area (Å²) >= 11 is 0. The molecule has 1 aromatic carbocycles. The highest BCUT2D eigenvalue weighted by molar-refractivity contribution is 5.96. The molecule has 0 unspecified atom stereocenters. The van der Waals surface area contributed by atoms with E-state index in [1.807, 2.05) is 13.0 Å². The van der Waals surface area contributed by atoms with Gasteiger partial charge in [-0.1, -0.05) is 12.1 Å². The lowest BCUT2D eigenvalue weighted by Gasteiger charge is -2.32. The maximum Gasteiger partial charge on any atom is 0.306 e. The second-order valence-corrected chi connectivity index (χ2v) is 6.06. The lowest BCUT2D eigenvalue weighted by molar-refractivity contribution is -0.146. The Balaban J connectivity index is 1.65. The Labute approximate surface area is 146 Å². The largest absolute Gasteiger partial charge is 0.493 e. The minimum Gasteiger partial charge on any atom is -0.493 e. The molecule has 0 heterocycles. The number of nitrogens with one attached hydrogen (secondary N) is 2. The van der Waals surface area contributed by atoms with Crippen LogP contribution in [-0.4, -0.2) is 42.1 Å². The number of hydrogen-bond acceptors (Lipinski definition) is 4. The molecule has 7 heteroatoms. The maximum absolute atomic E-state index is 12.2. The molecule has 0 saturated heterocycles. The summed E-state index contributed by atoms with van der Waals surface area (Å²) in [5, 5.41) is 14.4. The van der Waals surface area contributed by atoms with E-state index in [2.05, 4.69) is 10.6 Å². The summed E-state index contributed by atoms with van der Waals surface area (Å²) in [6.07, 6.45) is 1.79. The highest BCUT2D eigenvalue weighted by Crippen LogP contribution is 2.27. The van der Waals surface area contributed by atoms with Gasteiger partial charge in [0.25, 0.3) is 5.91 Å². The normalized spacial score (nSPS) is 18.8. The molecule has 0 radical (unpaired) electrons. The van der Waals surface area contributed by atoms with Crippen LogP contribution in [-0.2, 0) is 9.59 Å². The first-order valence-electron chi connectivity index (χ1n) is 8.53. The first-order valence-corrected chi connectivity index (χ1v) is 8.53. The first kappa shape index (κ1) is 18.8. The molecule has 1 fully saturated rings. The standard InChI is InChI=1S/C18H24N2O5/c1-2-25-15-7-4-3-6-14(15)17(22)19-9-5-8-16(21)20-13-10-12(11-13)18(23)24/h3-4,6-7,12-13H,2,5,8-11H2,1H3,(H,19,22)(H,20,21)(H,23,24). The van der Waals surface area contributed by atoms with Crippen molar-refractivity contribution in [2.75, 3.05) is 13.2 Å². The predicted octanol–water partition coefficient (Wildman–Crippen LogP) is 1.57. The fourth-order valence-corrected chi connectivity index (χ4v) is 2.72. The molecule has 1 aliphatic carbocycles. The summed E-state index contributed by atoms with van der Waals surface area (Å²) in [6, 6.07) is 6.98. The smallest absolute Gasteiger partial charge is 0.306 e. The minimum atomic E-state index is -0.805. The second kappa shape index (κ2) is 9.05. The van der Waals surface area contributed by atoms with Gasteiger partial charge >= 0.3 is 5.97 Å². The van der Waals surface area contributed by atoms with Crippen LogP contribution in [0.4, 0.5) is 0 Å². The number of aliphatic carboxylic acids is 1. The zero-order valence-electron chi connectivity index (χ0n) is 14.3. The third-order valence-electron chi connectivity index (χ3n) is 4.15. The van der Waals surface area contributed by atoms with Gasteiger partial charge in [0.15, 0.2) is 0 Å². The van der Waals surface area contributed by atoms with Crippen LogP contribution < -0.4 is 15.4 Å². The number of rotatable bonds is 9. The Morgan fingerprint density at radius 2 is 1.96 bits per heavy atom. The van der Waals surface area contributed by atoms with Crippen molar-refractivity contribution in [2.24, 2.45) is 5.92 Å². The molecule has 0 spiro atoms. The molecule has 3 N–H and O–H groups in total. The number of amides is 2. The molecule has 0 aromatic heterocycles. The average Bonchev–Trinajstić information content (AvgIpc) is 2.55. The van der Waals surface area contributed by atoms with Crippen molar-refractivity contribution in [3.63, 3.8) is 0 Å². The highest BCUT2D eigenvalue weighted by Gasteiger charge is 2.35. The van der Waals surface area contributed by atoms with E-state index in [1.165, 1.54) is 0 Å². The Hall–Kier alpha value is -2.57. The molecule has 1 aliphatic rings. The van der Waals surface area contributed by atoms with E-state index < -0.39 is 5.97 Å². The Morgan fingerprint density at radius 3 is 2.64 bits per heavy atom. The van der Waals surface area contributed by atoms with Gasteiger partial charge in [-0.05, 0) is 38.3 Å². The van der Waals surface area contributed by atoms with E-state index >= 15 is 0 Å². The summed E-state index contributed by atoms with van der Waals surface area (Å²) < 4.78 is 5.42. The number of carbonyl (C=O) groups is 3. The summed E-state index contributed by atoms with van der Waals surface area (Å²) in [4.78, 5) is 34.7. The van der Waals surface area contributed by atoms with E-state index in [0.29, 0.717) is 50.1 Å². The Kier molecular flexibility index (Phi) is 6.80. The lowest BCUT2D eigenvalue weighted by atomic mass is 9.80. The van der Waals surface area contributed by atoms with Crippen molar-refractivity contribution in [3.8, 4) is 5.75 Å². The van der Waals surface area contributed by atoms with Crippen LogP contribution >= 0.6 is 0 Å². The number of ether oxygens (including phenoxy) is 1. The summed E-state index contributed by atoms with van der Waals surface area (Å²) in [6.45, 7) is 2.72. The van der Waals surface area contributed by atoms with Crippen molar-refractivity contribution >= 4 is 17.8 Å². The Bertz CT molecular complexity index is 626. The molecule has 0 bridgehead atoms. The first-order chi connectivity index (χ1) is 12.0. The SMILES string of the molecule is CCOc1ccccc1C(=O)NCCCC(=O)NC1CC(C(=O)O)C1. The molecule has 136 valence electrons. The van der Waals surface area contributed by atoms with E-state index in [4.69, 9.17) is 9.84 Å². The fraction of sp³-hybridized carbons (Fsp3) is 0.500. The number of carbonyl (C=O) groups excluding carboxylic acids is 2. The number of carboxylic acids is 1. The third-order valence-corrected chi connectivity index (χ3v) is 4.15. The van der Waals surface area contributed by atoms with Crippen molar-refractivity contribution < 1.29 is 24.2 Å². The number of carboxylic acid groups (broad SMARTS) is 1.